The van der Waals surface area contributed by atoms with Crippen molar-refractivity contribution in [3.8, 4) is 17.4 Å². The van der Waals surface area contributed by atoms with Crippen LogP contribution in [0.3, 0.4) is 0 Å². The van der Waals surface area contributed by atoms with Gasteiger partial charge in [0, 0.05) is 17.3 Å². The fraction of sp³-hybridized carbons (Fsp3) is 0.190. The van der Waals surface area contributed by atoms with Crippen molar-refractivity contribution in [2.45, 2.75) is 11.1 Å². The molecule has 1 aliphatic rings. The van der Waals surface area contributed by atoms with Gasteiger partial charge in [0.15, 0.2) is 17.3 Å². The monoisotopic (exact) mass is 472 g/mol. The number of carbonyl (C=O) groups excluding carboxylic acids is 1. The van der Waals surface area contributed by atoms with Crippen molar-refractivity contribution in [3.63, 3.8) is 0 Å². The number of esters is 1. The van der Waals surface area contributed by atoms with E-state index in [-0.39, 0.29) is 22.2 Å². The molecule has 0 amide bonds. The van der Waals surface area contributed by atoms with Gasteiger partial charge in [-0.15, -0.1) is 10.2 Å². The van der Waals surface area contributed by atoms with Crippen LogP contribution in [-0.2, 0) is 14.8 Å². The molecule has 11 nitrogen and oxygen atoms in total. The lowest BCUT2D eigenvalue weighted by Crippen LogP contribution is -2.15. The Morgan fingerprint density at radius 2 is 1.67 bits per heavy atom. The molecule has 1 aliphatic heterocycles. The number of nitrogens with zero attached hydrogens (tertiary/aromatic N) is 2. The van der Waals surface area contributed by atoms with Crippen molar-refractivity contribution < 1.29 is 32.2 Å². The molecule has 2 heterocycles. The van der Waals surface area contributed by atoms with Gasteiger partial charge in [-0.3, -0.25) is 4.72 Å². The van der Waals surface area contributed by atoms with Crippen molar-refractivity contribution in [2.75, 3.05) is 31.4 Å². The Morgan fingerprint density at radius 3 is 2.27 bits per heavy atom. The van der Waals surface area contributed by atoms with Crippen molar-refractivity contribution in [3.05, 3.63) is 59.7 Å². The number of sulfonamides is 1. The Balaban J connectivity index is 1.51. The number of hydrogen-bond acceptors (Lipinski definition) is 10. The van der Waals surface area contributed by atoms with Crippen molar-refractivity contribution in [1.82, 2.24) is 10.2 Å². The first-order valence-electron chi connectivity index (χ1n) is 9.59. The van der Waals surface area contributed by atoms with Gasteiger partial charge in [0.1, 0.15) is 5.56 Å². The van der Waals surface area contributed by atoms with Crippen molar-refractivity contribution >= 4 is 27.5 Å². The van der Waals surface area contributed by atoms with Gasteiger partial charge in [0.25, 0.3) is 10.0 Å². The van der Waals surface area contributed by atoms with Crippen LogP contribution in [0.15, 0.2) is 53.4 Å². The molecule has 2 aromatic carbocycles. The molecular formula is C21H20N4O7S. The molecular weight excluding hydrogens is 452 g/mol. The smallest absolute Gasteiger partial charge is 0.344 e. The van der Waals surface area contributed by atoms with Crippen LogP contribution < -0.4 is 24.2 Å². The van der Waals surface area contributed by atoms with Crippen LogP contribution in [0.5, 0.6) is 17.4 Å². The molecule has 0 spiro atoms. The number of rotatable bonds is 8. The first-order chi connectivity index (χ1) is 15.9. The lowest BCUT2D eigenvalue weighted by Gasteiger charge is -2.15. The number of fused-ring (bicyclic) bond motifs is 1. The van der Waals surface area contributed by atoms with E-state index in [9.17, 15) is 13.2 Å². The summed E-state index contributed by atoms with van der Waals surface area (Å²) in [5.41, 5.74) is 1.39. The molecule has 1 atom stereocenters. The summed E-state index contributed by atoms with van der Waals surface area (Å²) in [4.78, 5) is 12.4. The molecule has 1 unspecified atom stereocenters. The molecule has 2 N–H and O–H groups in total. The number of aromatic nitrogens is 2. The minimum atomic E-state index is -3.89. The molecule has 0 bridgehead atoms. The Bertz CT molecular complexity index is 1280. The van der Waals surface area contributed by atoms with Crippen LogP contribution >= 0.6 is 0 Å². The maximum atomic E-state index is 12.6. The van der Waals surface area contributed by atoms with Gasteiger partial charge in [-0.1, -0.05) is 0 Å². The summed E-state index contributed by atoms with van der Waals surface area (Å²) in [6, 6.07) is 12.2. The zero-order chi connectivity index (χ0) is 23.6. The number of ether oxygens (including phenoxy) is 4. The summed E-state index contributed by atoms with van der Waals surface area (Å²) in [5, 5.41) is 10.5. The van der Waals surface area contributed by atoms with Gasteiger partial charge in [0.2, 0.25) is 12.1 Å². The van der Waals surface area contributed by atoms with Crippen LogP contribution in [-0.4, -0.2) is 45.9 Å². The summed E-state index contributed by atoms with van der Waals surface area (Å²) >= 11 is 0. The summed E-state index contributed by atoms with van der Waals surface area (Å²) in [6.07, 6.45) is -0.775. The van der Waals surface area contributed by atoms with E-state index in [1.54, 1.807) is 24.3 Å². The number of hydrogen-bond donors (Lipinski definition) is 2. The number of methoxy groups -OCH3 is 3. The van der Waals surface area contributed by atoms with Crippen LogP contribution in [0.25, 0.3) is 0 Å². The number of carbonyl (C=O) groups is 1. The summed E-state index contributed by atoms with van der Waals surface area (Å²) in [5.74, 6) is 0.466. The Morgan fingerprint density at radius 1 is 0.909 bits per heavy atom. The van der Waals surface area contributed by atoms with E-state index in [1.165, 1.54) is 45.6 Å². The third kappa shape index (κ3) is 4.32. The van der Waals surface area contributed by atoms with Gasteiger partial charge in [-0.25, -0.2) is 13.2 Å². The van der Waals surface area contributed by atoms with E-state index in [1.807, 2.05) is 0 Å². The predicted octanol–water partition coefficient (Wildman–Crippen LogP) is 2.58. The molecule has 0 radical (unpaired) electrons. The van der Waals surface area contributed by atoms with E-state index in [2.05, 4.69) is 20.2 Å². The highest BCUT2D eigenvalue weighted by Gasteiger charge is 2.36. The number of nitrogens with one attached hydrogen (secondary N) is 2. The highest BCUT2D eigenvalue weighted by Crippen LogP contribution is 2.42. The molecule has 4 rings (SSSR count). The Kier molecular flexibility index (Phi) is 5.92. The van der Waals surface area contributed by atoms with Crippen LogP contribution in [0.4, 0.5) is 11.5 Å². The average Bonchev–Trinajstić information content (AvgIpc) is 3.14. The maximum absolute atomic E-state index is 12.6. The standard InChI is InChI=1S/C21H20N4O7S/c1-29-15-9-8-14-18(19(15)31-3)21(26)32-20(14)22-12-4-6-13(7-5-12)33(27,28)25-16-10-11-17(30-2)24-23-16/h4-11,20,22H,1-3H3,(H,23,25). The first kappa shape index (κ1) is 22.1. The van der Waals surface area contributed by atoms with E-state index in [0.717, 1.165) is 0 Å². The zero-order valence-corrected chi connectivity index (χ0v) is 18.7. The van der Waals surface area contributed by atoms with E-state index in [0.29, 0.717) is 22.7 Å². The fourth-order valence-electron chi connectivity index (χ4n) is 3.27. The predicted molar refractivity (Wildman–Crippen MR) is 117 cm³/mol. The normalized spacial score (nSPS) is 14.8. The molecule has 33 heavy (non-hydrogen) atoms. The van der Waals surface area contributed by atoms with Crippen LogP contribution in [0, 0.1) is 0 Å². The Labute approximate surface area is 189 Å². The van der Waals surface area contributed by atoms with Gasteiger partial charge in [-0.2, -0.15) is 0 Å². The zero-order valence-electron chi connectivity index (χ0n) is 17.9. The van der Waals surface area contributed by atoms with Crippen LogP contribution in [0.2, 0.25) is 0 Å². The second-order valence-electron chi connectivity index (χ2n) is 6.79. The van der Waals surface area contributed by atoms with Gasteiger partial charge >= 0.3 is 5.97 Å². The lowest BCUT2D eigenvalue weighted by atomic mass is 10.1. The molecule has 1 aromatic heterocycles. The van der Waals surface area contributed by atoms with Gasteiger partial charge in [0.05, 0.1) is 26.2 Å². The van der Waals surface area contributed by atoms with Crippen molar-refractivity contribution in [2.24, 2.45) is 0 Å². The Hall–Kier alpha value is -4.06. The third-order valence-electron chi connectivity index (χ3n) is 4.84. The quantitative estimate of drug-likeness (QED) is 0.470. The molecule has 3 aromatic rings. The van der Waals surface area contributed by atoms with E-state index in [4.69, 9.17) is 18.9 Å². The second kappa shape index (κ2) is 8.82. The topological polar surface area (TPSA) is 138 Å². The number of cyclic esters (lactones) is 1. The minimum absolute atomic E-state index is 0.0147. The highest BCUT2D eigenvalue weighted by molar-refractivity contribution is 7.92. The summed E-state index contributed by atoms with van der Waals surface area (Å²) < 4.78 is 48.5. The molecule has 12 heteroatoms. The largest absolute Gasteiger partial charge is 0.493 e. The number of anilines is 2. The first-order valence-corrected chi connectivity index (χ1v) is 11.1. The maximum Gasteiger partial charge on any atom is 0.344 e. The van der Waals surface area contributed by atoms with Gasteiger partial charge in [-0.05, 0) is 42.5 Å². The highest BCUT2D eigenvalue weighted by atomic mass is 32.2. The van der Waals surface area contributed by atoms with E-state index >= 15 is 0 Å². The average molecular weight is 472 g/mol. The van der Waals surface area contributed by atoms with Gasteiger partial charge < -0.3 is 24.3 Å². The third-order valence-corrected chi connectivity index (χ3v) is 6.21. The molecule has 172 valence electrons. The number of benzene rings is 2. The summed E-state index contributed by atoms with van der Waals surface area (Å²) in [7, 11) is 0.464. The second-order valence-corrected chi connectivity index (χ2v) is 8.47. The molecule has 0 saturated heterocycles. The lowest BCUT2D eigenvalue weighted by molar-refractivity contribution is 0.0435. The minimum Gasteiger partial charge on any atom is -0.493 e. The summed E-state index contributed by atoms with van der Waals surface area (Å²) in [6.45, 7) is 0. The fourth-order valence-corrected chi connectivity index (χ4v) is 4.27. The molecule has 0 aliphatic carbocycles. The van der Waals surface area contributed by atoms with Crippen molar-refractivity contribution in [1.29, 1.82) is 0 Å². The SMILES string of the molecule is COc1ccc(NS(=O)(=O)c2ccc(NC3OC(=O)c4c3ccc(OC)c4OC)cc2)nn1. The molecule has 0 saturated carbocycles. The van der Waals surface area contributed by atoms with Crippen LogP contribution in [0.1, 0.15) is 22.1 Å². The molecule has 0 fully saturated rings. The van der Waals surface area contributed by atoms with E-state index < -0.39 is 22.2 Å².